The Bertz CT molecular complexity index is 710. The van der Waals surface area contributed by atoms with Gasteiger partial charge in [-0.25, -0.2) is 9.97 Å². The predicted molar refractivity (Wildman–Crippen MR) is 79.9 cm³/mol. The molecule has 0 aliphatic carbocycles. The lowest BCUT2D eigenvalue weighted by atomic mass is 10.1. The molecule has 2 aromatic heterocycles. The van der Waals surface area contributed by atoms with E-state index in [9.17, 15) is 0 Å². The van der Waals surface area contributed by atoms with Crippen molar-refractivity contribution in [1.29, 1.82) is 0 Å². The highest BCUT2D eigenvalue weighted by Crippen LogP contribution is 2.24. The number of hydrogen-bond acceptors (Lipinski definition) is 5. The summed E-state index contributed by atoms with van der Waals surface area (Å²) in [5, 5.41) is 0. The van der Waals surface area contributed by atoms with Crippen LogP contribution in [0.5, 0.6) is 0 Å². The first-order valence-electron chi connectivity index (χ1n) is 6.04. The van der Waals surface area contributed by atoms with Gasteiger partial charge in [-0.3, -0.25) is 9.97 Å². The number of fused-ring (bicyclic) bond motifs is 1. The molecular weight excluding hydrogens is 250 g/mol. The van der Waals surface area contributed by atoms with Crippen LogP contribution in [0.15, 0.2) is 42.9 Å². The fourth-order valence-electron chi connectivity index (χ4n) is 1.94. The topological polar surface area (TPSA) is 77.6 Å². The van der Waals surface area contributed by atoms with Crippen molar-refractivity contribution in [3.05, 3.63) is 48.5 Å². The minimum atomic E-state index is -0.214. The lowest BCUT2D eigenvalue weighted by Crippen LogP contribution is -2.11. The minimum Gasteiger partial charge on any atom is -0.323 e. The highest BCUT2D eigenvalue weighted by Gasteiger charge is 2.15. The molecule has 20 heavy (non-hydrogen) atoms. The van der Waals surface area contributed by atoms with E-state index >= 15 is 0 Å². The van der Waals surface area contributed by atoms with Crippen molar-refractivity contribution >= 4 is 11.0 Å². The second-order valence-electron chi connectivity index (χ2n) is 4.33. The van der Waals surface area contributed by atoms with Crippen molar-refractivity contribution in [2.24, 2.45) is 5.73 Å². The van der Waals surface area contributed by atoms with Crippen molar-refractivity contribution in [3.63, 3.8) is 0 Å². The Morgan fingerprint density at radius 2 is 1.75 bits per heavy atom. The first-order valence-corrected chi connectivity index (χ1v) is 6.04. The number of benzene rings is 1. The molecule has 5 heteroatoms. The van der Waals surface area contributed by atoms with E-state index in [-0.39, 0.29) is 13.5 Å². The van der Waals surface area contributed by atoms with Crippen LogP contribution in [0.4, 0.5) is 0 Å². The summed E-state index contributed by atoms with van der Waals surface area (Å²) in [7, 11) is 0. The van der Waals surface area contributed by atoms with Crippen molar-refractivity contribution in [1.82, 2.24) is 19.9 Å². The molecule has 102 valence electrons. The second kappa shape index (κ2) is 5.71. The van der Waals surface area contributed by atoms with Crippen LogP contribution < -0.4 is 5.73 Å². The van der Waals surface area contributed by atoms with Gasteiger partial charge >= 0.3 is 0 Å². The number of nitrogens with two attached hydrogens (primary N) is 1. The molecule has 0 aliphatic heterocycles. The number of hydrogen-bond donors (Lipinski definition) is 1. The molecule has 3 rings (SSSR count). The molecule has 0 saturated carbocycles. The molecule has 0 amide bonds. The van der Waals surface area contributed by atoms with Crippen LogP contribution in [0, 0.1) is 0 Å². The van der Waals surface area contributed by atoms with E-state index in [2.05, 4.69) is 19.9 Å². The summed E-state index contributed by atoms with van der Waals surface area (Å²) in [5.41, 5.74) is 9.77. The van der Waals surface area contributed by atoms with Gasteiger partial charge in [0.25, 0.3) is 0 Å². The molecule has 3 aromatic rings. The van der Waals surface area contributed by atoms with Crippen LogP contribution in [-0.2, 0) is 0 Å². The van der Waals surface area contributed by atoms with E-state index in [4.69, 9.17) is 5.73 Å². The van der Waals surface area contributed by atoms with Crippen LogP contribution in [0.25, 0.3) is 22.4 Å². The average Bonchev–Trinajstić information content (AvgIpc) is 2.46. The number of nitrogens with zero attached hydrogens (tertiary/aromatic N) is 4. The maximum Gasteiger partial charge on any atom is 0.114 e. The van der Waals surface area contributed by atoms with Gasteiger partial charge in [0.2, 0.25) is 0 Å². The van der Waals surface area contributed by atoms with Crippen molar-refractivity contribution in [2.45, 2.75) is 20.4 Å². The van der Waals surface area contributed by atoms with E-state index in [1.807, 2.05) is 31.2 Å². The first-order chi connectivity index (χ1) is 9.25. The molecule has 0 unspecified atom stereocenters. The third-order valence-corrected chi connectivity index (χ3v) is 2.83. The van der Waals surface area contributed by atoms with E-state index in [0.29, 0.717) is 11.4 Å². The normalized spacial score (nSPS) is 11.9. The van der Waals surface area contributed by atoms with Gasteiger partial charge in [-0.2, -0.15) is 0 Å². The molecule has 2 heterocycles. The average molecular weight is 267 g/mol. The van der Waals surface area contributed by atoms with Crippen LogP contribution in [0.1, 0.15) is 26.1 Å². The molecule has 0 bridgehead atoms. The largest absolute Gasteiger partial charge is 0.323 e. The number of aromatic nitrogens is 4. The van der Waals surface area contributed by atoms with Gasteiger partial charge in [-0.1, -0.05) is 19.6 Å². The van der Waals surface area contributed by atoms with Gasteiger partial charge in [0, 0.05) is 18.4 Å². The van der Waals surface area contributed by atoms with Gasteiger partial charge in [-0.05, 0) is 19.1 Å². The van der Waals surface area contributed by atoms with Crippen LogP contribution in [0.3, 0.4) is 0 Å². The summed E-state index contributed by atoms with van der Waals surface area (Å²) < 4.78 is 0. The predicted octanol–water partition coefficient (Wildman–Crippen LogP) is 2.74. The molecule has 0 saturated heterocycles. The Balaban J connectivity index is 0.00000147. The molecule has 1 atom stereocenters. The van der Waals surface area contributed by atoms with Crippen molar-refractivity contribution < 1.29 is 0 Å². The molecule has 2 N–H and O–H groups in total. The molecule has 0 aliphatic rings. The highest BCUT2D eigenvalue weighted by atomic mass is 14.9. The summed E-state index contributed by atoms with van der Waals surface area (Å²) in [5.74, 6) is 0. The van der Waals surface area contributed by atoms with Gasteiger partial charge in [0.15, 0.2) is 0 Å². The lowest BCUT2D eigenvalue weighted by molar-refractivity contribution is 0.782. The fraction of sp³-hybridized carbons (Fsp3) is 0.200. The summed E-state index contributed by atoms with van der Waals surface area (Å²) >= 11 is 0. The first kappa shape index (κ1) is 14.0. The van der Waals surface area contributed by atoms with Gasteiger partial charge in [0.1, 0.15) is 11.4 Å². The quantitative estimate of drug-likeness (QED) is 0.772. The summed E-state index contributed by atoms with van der Waals surface area (Å²) in [6.45, 7) is 1.89. The zero-order valence-electron chi connectivity index (χ0n) is 10.5. The molecule has 5 nitrogen and oxygen atoms in total. The van der Waals surface area contributed by atoms with Crippen molar-refractivity contribution in [2.75, 3.05) is 0 Å². The monoisotopic (exact) mass is 267 g/mol. The number of rotatable bonds is 2. The smallest absolute Gasteiger partial charge is 0.114 e. The molecule has 0 spiro atoms. The van der Waals surface area contributed by atoms with Gasteiger partial charge in [-0.15, -0.1) is 0 Å². The third-order valence-electron chi connectivity index (χ3n) is 2.83. The minimum absolute atomic E-state index is 0. The van der Waals surface area contributed by atoms with Gasteiger partial charge < -0.3 is 5.73 Å². The third kappa shape index (κ3) is 2.48. The second-order valence-corrected chi connectivity index (χ2v) is 4.33. The number of para-hydroxylation sites is 2. The van der Waals surface area contributed by atoms with Crippen LogP contribution >= 0.6 is 0 Å². The van der Waals surface area contributed by atoms with E-state index in [1.165, 1.54) is 0 Å². The standard InChI is InChI=1S/C14H13N5.CH4/c1-9(15)13-14(12-8-16-6-7-17-12)19-11-5-3-2-4-10(11)18-13;/h2-9H,15H2,1H3;1H4/t9-;/m0./s1. The Labute approximate surface area is 117 Å². The molecule has 1 aromatic carbocycles. The molecule has 0 fully saturated rings. The molecular formula is C15H17N5. The maximum atomic E-state index is 5.99. The van der Waals surface area contributed by atoms with E-state index in [1.54, 1.807) is 18.6 Å². The van der Waals surface area contributed by atoms with E-state index < -0.39 is 0 Å². The van der Waals surface area contributed by atoms with Crippen molar-refractivity contribution in [3.8, 4) is 11.4 Å². The fourth-order valence-corrected chi connectivity index (χ4v) is 1.94. The van der Waals surface area contributed by atoms with Crippen LogP contribution in [0.2, 0.25) is 0 Å². The Morgan fingerprint density at radius 3 is 2.35 bits per heavy atom. The summed E-state index contributed by atoms with van der Waals surface area (Å²) in [6, 6.07) is 7.50. The highest BCUT2D eigenvalue weighted by molar-refractivity contribution is 5.77. The maximum absolute atomic E-state index is 5.99. The summed E-state index contributed by atoms with van der Waals surface area (Å²) in [6.07, 6.45) is 4.94. The van der Waals surface area contributed by atoms with Gasteiger partial charge in [0.05, 0.1) is 22.9 Å². The van der Waals surface area contributed by atoms with E-state index in [0.717, 1.165) is 16.7 Å². The summed E-state index contributed by atoms with van der Waals surface area (Å²) in [4.78, 5) is 17.6. The Kier molecular flexibility index (Phi) is 4.00. The lowest BCUT2D eigenvalue weighted by Gasteiger charge is -2.11. The Morgan fingerprint density at radius 1 is 1.05 bits per heavy atom. The Hall–Kier alpha value is -2.40. The SMILES string of the molecule is C.C[C@H](N)c1nc2ccccc2nc1-c1cnccn1. The zero-order valence-corrected chi connectivity index (χ0v) is 10.5. The molecule has 0 radical (unpaired) electrons. The zero-order chi connectivity index (χ0) is 13.2. The van der Waals surface area contributed by atoms with Crippen LogP contribution in [-0.4, -0.2) is 19.9 Å².